The minimum absolute atomic E-state index is 0.248. The van der Waals surface area contributed by atoms with Gasteiger partial charge in [0.15, 0.2) is 0 Å². The molecule has 0 aromatic rings. The van der Waals surface area contributed by atoms with E-state index in [1.807, 2.05) is 6.92 Å². The number of aliphatic hydroxyl groups is 1. The highest BCUT2D eigenvalue weighted by atomic mass is 16.3. The number of nitrogens with zero attached hydrogens (tertiary/aromatic N) is 1. The van der Waals surface area contributed by atoms with Gasteiger partial charge in [-0.3, -0.25) is 4.79 Å². The van der Waals surface area contributed by atoms with E-state index in [-0.39, 0.29) is 12.0 Å². The highest BCUT2D eigenvalue weighted by Crippen LogP contribution is 2.20. The van der Waals surface area contributed by atoms with Crippen molar-refractivity contribution in [1.29, 1.82) is 0 Å². The number of rotatable bonds is 16. The fraction of sp³-hybridized carbons (Fsp3) is 0.955. The van der Waals surface area contributed by atoms with Crippen LogP contribution >= 0.6 is 0 Å². The van der Waals surface area contributed by atoms with Crippen LogP contribution in [0.1, 0.15) is 105 Å². The fourth-order valence-corrected chi connectivity index (χ4v) is 3.39. The summed E-state index contributed by atoms with van der Waals surface area (Å²) in [6, 6.07) is 0. The monoisotopic (exact) mass is 355 g/mol. The molecule has 0 rings (SSSR count). The van der Waals surface area contributed by atoms with E-state index in [9.17, 15) is 9.90 Å². The Hall–Kier alpha value is -0.570. The van der Waals surface area contributed by atoms with E-state index in [0.717, 1.165) is 32.4 Å². The Labute approximate surface area is 157 Å². The predicted molar refractivity (Wildman–Crippen MR) is 109 cm³/mol. The van der Waals surface area contributed by atoms with Crippen LogP contribution in [0.4, 0.5) is 0 Å². The van der Waals surface area contributed by atoms with Gasteiger partial charge in [0.05, 0.1) is 6.10 Å². The number of aliphatic hydroxyl groups excluding tert-OH is 1. The van der Waals surface area contributed by atoms with E-state index in [1.165, 1.54) is 38.5 Å². The molecule has 0 aliphatic heterocycles. The Morgan fingerprint density at radius 1 is 0.800 bits per heavy atom. The molecule has 0 aliphatic carbocycles. The summed E-state index contributed by atoms with van der Waals surface area (Å²) in [4.78, 5) is 15.0. The van der Waals surface area contributed by atoms with Crippen LogP contribution in [0.2, 0.25) is 0 Å². The Bertz CT molecular complexity index is 301. The Morgan fingerprint density at radius 3 is 1.64 bits per heavy atom. The smallest absolute Gasteiger partial charge is 0.222 e. The molecule has 1 N–H and O–H groups in total. The van der Waals surface area contributed by atoms with Gasteiger partial charge < -0.3 is 10.0 Å². The molecule has 3 heteroatoms. The summed E-state index contributed by atoms with van der Waals surface area (Å²) in [7, 11) is 0. The molecule has 0 radical (unpaired) electrons. The molecule has 0 bridgehead atoms. The van der Waals surface area contributed by atoms with Gasteiger partial charge >= 0.3 is 0 Å². The van der Waals surface area contributed by atoms with Gasteiger partial charge in [0.1, 0.15) is 0 Å². The van der Waals surface area contributed by atoms with Crippen LogP contribution < -0.4 is 0 Å². The first-order chi connectivity index (χ1) is 12.0. The van der Waals surface area contributed by atoms with Gasteiger partial charge in [0.2, 0.25) is 5.91 Å². The first-order valence-corrected chi connectivity index (χ1v) is 11.0. The third kappa shape index (κ3) is 11.6. The van der Waals surface area contributed by atoms with E-state index < -0.39 is 0 Å². The number of carbonyl (C=O) groups is 1. The van der Waals surface area contributed by atoms with Crippen LogP contribution in [-0.2, 0) is 4.79 Å². The van der Waals surface area contributed by atoms with Crippen molar-refractivity contribution >= 4 is 5.91 Å². The zero-order chi connectivity index (χ0) is 19.1. The summed E-state index contributed by atoms with van der Waals surface area (Å²) in [6.07, 6.45) is 11.2. The average Bonchev–Trinajstić information content (AvgIpc) is 2.64. The van der Waals surface area contributed by atoms with Gasteiger partial charge in [-0.15, -0.1) is 0 Å². The summed E-state index contributed by atoms with van der Waals surface area (Å²) in [5.74, 6) is 1.48. The summed E-state index contributed by atoms with van der Waals surface area (Å²) >= 11 is 0. The second-order valence-corrected chi connectivity index (χ2v) is 7.73. The van der Waals surface area contributed by atoms with Crippen LogP contribution in [0.3, 0.4) is 0 Å². The van der Waals surface area contributed by atoms with Gasteiger partial charge in [-0.25, -0.2) is 0 Å². The number of unbranched alkanes of at least 4 members (excludes halogenated alkanes) is 2. The normalized spacial score (nSPS) is 15.0. The molecule has 0 spiro atoms. The quantitative estimate of drug-likeness (QED) is 0.380. The molecule has 25 heavy (non-hydrogen) atoms. The van der Waals surface area contributed by atoms with Gasteiger partial charge in [0, 0.05) is 19.5 Å². The molecule has 0 heterocycles. The molecule has 0 fully saturated rings. The van der Waals surface area contributed by atoms with E-state index in [0.29, 0.717) is 24.7 Å². The van der Waals surface area contributed by atoms with Crippen LogP contribution in [0.5, 0.6) is 0 Å². The highest BCUT2D eigenvalue weighted by Gasteiger charge is 2.21. The Balaban J connectivity index is 4.84. The third-order valence-electron chi connectivity index (χ3n) is 5.56. The maximum Gasteiger partial charge on any atom is 0.222 e. The SMILES string of the molecule is CCCCC(CC)CN(CC(CC)CCCC)C(=O)CCC(O)CC. The van der Waals surface area contributed by atoms with Crippen molar-refractivity contribution in [2.75, 3.05) is 13.1 Å². The first kappa shape index (κ1) is 24.4. The standard InChI is InChI=1S/C22H45NO2/c1-6-11-13-19(8-3)17-23(18-20(9-4)14-12-7-2)22(25)16-15-21(24)10-5/h19-21,24H,6-18H2,1-5H3. The second kappa shape index (κ2) is 15.7. The lowest BCUT2D eigenvalue weighted by atomic mass is 9.95. The average molecular weight is 356 g/mol. The topological polar surface area (TPSA) is 40.5 Å². The van der Waals surface area contributed by atoms with Crippen molar-refractivity contribution in [2.45, 2.75) is 111 Å². The van der Waals surface area contributed by atoms with Crippen LogP contribution in [0.15, 0.2) is 0 Å². The van der Waals surface area contributed by atoms with Gasteiger partial charge in [0.25, 0.3) is 0 Å². The zero-order valence-corrected chi connectivity index (χ0v) is 17.7. The lowest BCUT2D eigenvalue weighted by Crippen LogP contribution is -2.39. The van der Waals surface area contributed by atoms with E-state index in [4.69, 9.17) is 0 Å². The molecule has 0 aliphatic rings. The number of amides is 1. The molecule has 0 aromatic carbocycles. The summed E-state index contributed by atoms with van der Waals surface area (Å²) in [5, 5.41) is 9.81. The van der Waals surface area contributed by atoms with E-state index in [2.05, 4.69) is 32.6 Å². The molecule has 1 amide bonds. The molecular formula is C22H45NO2. The molecule has 3 unspecified atom stereocenters. The van der Waals surface area contributed by atoms with Crippen molar-refractivity contribution in [1.82, 2.24) is 4.90 Å². The van der Waals surface area contributed by atoms with Gasteiger partial charge in [-0.2, -0.15) is 0 Å². The number of hydrogen-bond acceptors (Lipinski definition) is 2. The van der Waals surface area contributed by atoms with E-state index >= 15 is 0 Å². The Morgan fingerprint density at radius 2 is 1.28 bits per heavy atom. The maximum absolute atomic E-state index is 12.8. The van der Waals surface area contributed by atoms with Gasteiger partial charge in [-0.05, 0) is 37.5 Å². The molecule has 0 saturated heterocycles. The van der Waals surface area contributed by atoms with Crippen LogP contribution in [0.25, 0.3) is 0 Å². The molecule has 0 aromatic heterocycles. The molecule has 3 nitrogen and oxygen atoms in total. The molecule has 150 valence electrons. The lowest BCUT2D eigenvalue weighted by Gasteiger charge is -2.31. The van der Waals surface area contributed by atoms with Crippen molar-refractivity contribution in [3.63, 3.8) is 0 Å². The maximum atomic E-state index is 12.8. The van der Waals surface area contributed by atoms with Gasteiger partial charge in [-0.1, -0.05) is 73.1 Å². The van der Waals surface area contributed by atoms with Crippen molar-refractivity contribution in [2.24, 2.45) is 11.8 Å². The summed E-state index contributed by atoms with van der Waals surface area (Å²) < 4.78 is 0. The molecular weight excluding hydrogens is 310 g/mol. The van der Waals surface area contributed by atoms with Crippen molar-refractivity contribution in [3.05, 3.63) is 0 Å². The van der Waals surface area contributed by atoms with Crippen molar-refractivity contribution in [3.8, 4) is 0 Å². The number of carbonyl (C=O) groups excluding carboxylic acids is 1. The van der Waals surface area contributed by atoms with E-state index in [1.54, 1.807) is 0 Å². The highest BCUT2D eigenvalue weighted by molar-refractivity contribution is 5.76. The predicted octanol–water partition coefficient (Wildman–Crippen LogP) is 5.80. The molecule has 0 saturated carbocycles. The zero-order valence-electron chi connectivity index (χ0n) is 17.7. The second-order valence-electron chi connectivity index (χ2n) is 7.73. The minimum Gasteiger partial charge on any atom is -0.393 e. The third-order valence-corrected chi connectivity index (χ3v) is 5.56. The fourth-order valence-electron chi connectivity index (χ4n) is 3.39. The largest absolute Gasteiger partial charge is 0.393 e. The van der Waals surface area contributed by atoms with Crippen LogP contribution in [-0.4, -0.2) is 35.1 Å². The first-order valence-electron chi connectivity index (χ1n) is 11.0. The summed E-state index contributed by atoms with van der Waals surface area (Å²) in [6.45, 7) is 12.7. The molecule has 3 atom stereocenters. The lowest BCUT2D eigenvalue weighted by molar-refractivity contribution is -0.133. The minimum atomic E-state index is -0.338. The van der Waals surface area contributed by atoms with Crippen LogP contribution in [0, 0.1) is 11.8 Å². The Kier molecular flexibility index (Phi) is 15.3. The number of hydrogen-bond donors (Lipinski definition) is 1. The van der Waals surface area contributed by atoms with Crippen molar-refractivity contribution < 1.29 is 9.90 Å². The summed E-state index contributed by atoms with van der Waals surface area (Å²) in [5.41, 5.74) is 0.